The van der Waals surface area contributed by atoms with Gasteiger partial charge in [0.05, 0.1) is 0 Å². The zero-order valence-electron chi connectivity index (χ0n) is 10.3. The van der Waals surface area contributed by atoms with Gasteiger partial charge in [-0.05, 0) is 45.2 Å². The summed E-state index contributed by atoms with van der Waals surface area (Å²) in [5, 5.41) is 3.43. The lowest BCUT2D eigenvalue weighted by Crippen LogP contribution is -2.43. The second-order valence-electron chi connectivity index (χ2n) is 5.29. The van der Waals surface area contributed by atoms with Crippen LogP contribution in [0.2, 0.25) is 0 Å². The lowest BCUT2D eigenvalue weighted by atomic mass is 9.85. The fraction of sp³-hybridized carbons (Fsp3) is 1.00. The van der Waals surface area contributed by atoms with Crippen molar-refractivity contribution in [2.24, 2.45) is 5.92 Å². The minimum absolute atomic E-state index is 0.700. The molecule has 1 heterocycles. The first kappa shape index (κ1) is 11.4. The number of fused-ring (bicyclic) bond motifs is 1. The molecule has 2 nitrogen and oxygen atoms in total. The lowest BCUT2D eigenvalue weighted by molar-refractivity contribution is 0.167. The lowest BCUT2D eigenvalue weighted by Gasteiger charge is -2.33. The molecule has 0 radical (unpaired) electrons. The molecule has 0 aromatic heterocycles. The average molecular weight is 210 g/mol. The van der Waals surface area contributed by atoms with Gasteiger partial charge in [0, 0.05) is 18.6 Å². The number of likely N-dealkylation sites (tertiary alicyclic amines) is 1. The van der Waals surface area contributed by atoms with Crippen LogP contribution >= 0.6 is 0 Å². The number of rotatable bonds is 4. The molecule has 0 aromatic carbocycles. The molecule has 2 heteroatoms. The van der Waals surface area contributed by atoms with E-state index in [1.807, 2.05) is 0 Å². The van der Waals surface area contributed by atoms with Crippen molar-refractivity contribution in [1.29, 1.82) is 0 Å². The topological polar surface area (TPSA) is 15.3 Å². The summed E-state index contributed by atoms with van der Waals surface area (Å²) >= 11 is 0. The molecule has 0 amide bonds. The number of nitrogens with one attached hydrogen (secondary N) is 1. The molecule has 1 saturated carbocycles. The van der Waals surface area contributed by atoms with Crippen molar-refractivity contribution in [2.75, 3.05) is 20.1 Å². The van der Waals surface area contributed by atoms with E-state index in [1.165, 1.54) is 51.6 Å². The standard InChI is InChI=1S/C13H26N2/c1-3-12(14-2)10-15-9-8-11-6-4-5-7-13(11)15/h11-14H,3-10H2,1-2H3. The first-order valence-corrected chi connectivity index (χ1v) is 6.76. The van der Waals surface area contributed by atoms with E-state index in [-0.39, 0.29) is 0 Å². The van der Waals surface area contributed by atoms with E-state index in [2.05, 4.69) is 24.2 Å². The van der Waals surface area contributed by atoms with Crippen molar-refractivity contribution in [3.05, 3.63) is 0 Å². The van der Waals surface area contributed by atoms with Crippen molar-refractivity contribution in [2.45, 2.75) is 57.5 Å². The third-order valence-electron chi connectivity index (χ3n) is 4.48. The summed E-state index contributed by atoms with van der Waals surface area (Å²) in [4.78, 5) is 2.76. The van der Waals surface area contributed by atoms with Gasteiger partial charge in [-0.15, -0.1) is 0 Å². The molecule has 1 aliphatic carbocycles. The van der Waals surface area contributed by atoms with Gasteiger partial charge < -0.3 is 5.32 Å². The molecule has 1 N–H and O–H groups in total. The van der Waals surface area contributed by atoms with Crippen LogP contribution in [0.1, 0.15) is 45.4 Å². The van der Waals surface area contributed by atoms with Gasteiger partial charge in [-0.25, -0.2) is 0 Å². The molecule has 1 saturated heterocycles. The second-order valence-corrected chi connectivity index (χ2v) is 5.29. The molecule has 2 rings (SSSR count). The molecular formula is C13H26N2. The Morgan fingerprint density at radius 3 is 2.80 bits per heavy atom. The van der Waals surface area contributed by atoms with E-state index >= 15 is 0 Å². The van der Waals surface area contributed by atoms with Gasteiger partial charge in [0.15, 0.2) is 0 Å². The first-order valence-electron chi connectivity index (χ1n) is 6.76. The molecule has 3 atom stereocenters. The van der Waals surface area contributed by atoms with Crippen molar-refractivity contribution in [1.82, 2.24) is 10.2 Å². The van der Waals surface area contributed by atoms with Crippen LogP contribution in [0.25, 0.3) is 0 Å². The van der Waals surface area contributed by atoms with Gasteiger partial charge >= 0.3 is 0 Å². The Labute approximate surface area is 94.4 Å². The second kappa shape index (κ2) is 5.31. The van der Waals surface area contributed by atoms with Crippen LogP contribution in [0.15, 0.2) is 0 Å². The van der Waals surface area contributed by atoms with Crippen LogP contribution < -0.4 is 5.32 Å². The third-order valence-corrected chi connectivity index (χ3v) is 4.48. The van der Waals surface area contributed by atoms with E-state index in [9.17, 15) is 0 Å². The fourth-order valence-corrected chi connectivity index (χ4v) is 3.44. The predicted molar refractivity (Wildman–Crippen MR) is 65.1 cm³/mol. The molecule has 2 aliphatic rings. The summed E-state index contributed by atoms with van der Waals surface area (Å²) in [5.74, 6) is 1.04. The molecule has 2 fully saturated rings. The molecule has 0 bridgehead atoms. The Morgan fingerprint density at radius 1 is 1.27 bits per heavy atom. The van der Waals surface area contributed by atoms with Gasteiger partial charge in [-0.1, -0.05) is 19.8 Å². The van der Waals surface area contributed by atoms with Gasteiger partial charge in [0.25, 0.3) is 0 Å². The summed E-state index contributed by atoms with van der Waals surface area (Å²) < 4.78 is 0. The summed E-state index contributed by atoms with van der Waals surface area (Å²) in [6.07, 6.45) is 8.63. The molecule has 3 unspecified atom stereocenters. The largest absolute Gasteiger partial charge is 0.316 e. The smallest absolute Gasteiger partial charge is 0.0189 e. The normalized spacial score (nSPS) is 34.0. The average Bonchev–Trinajstić information content (AvgIpc) is 2.69. The predicted octanol–water partition coefficient (Wildman–Crippen LogP) is 2.25. The Kier molecular flexibility index (Phi) is 4.04. The van der Waals surface area contributed by atoms with Crippen LogP contribution in [-0.4, -0.2) is 37.1 Å². The maximum absolute atomic E-state index is 3.43. The zero-order chi connectivity index (χ0) is 10.7. The van der Waals surface area contributed by atoms with E-state index in [1.54, 1.807) is 0 Å². The van der Waals surface area contributed by atoms with Crippen molar-refractivity contribution >= 4 is 0 Å². The number of likely N-dealkylation sites (N-methyl/N-ethyl adjacent to an activating group) is 1. The maximum atomic E-state index is 3.43. The molecule has 15 heavy (non-hydrogen) atoms. The van der Waals surface area contributed by atoms with Crippen molar-refractivity contribution in [3.63, 3.8) is 0 Å². The fourth-order valence-electron chi connectivity index (χ4n) is 3.44. The van der Waals surface area contributed by atoms with Crippen LogP contribution in [0.3, 0.4) is 0 Å². The Hall–Kier alpha value is -0.0800. The summed E-state index contributed by atoms with van der Waals surface area (Å²) in [5.41, 5.74) is 0. The first-order chi connectivity index (χ1) is 7.35. The number of nitrogens with zero attached hydrogens (tertiary/aromatic N) is 1. The highest BCUT2D eigenvalue weighted by molar-refractivity contribution is 4.91. The summed E-state index contributed by atoms with van der Waals surface area (Å²) in [6, 6.07) is 1.63. The Bertz CT molecular complexity index is 189. The minimum Gasteiger partial charge on any atom is -0.316 e. The van der Waals surface area contributed by atoms with Gasteiger partial charge in [-0.2, -0.15) is 0 Å². The van der Waals surface area contributed by atoms with E-state index in [4.69, 9.17) is 0 Å². The van der Waals surface area contributed by atoms with Gasteiger partial charge in [0.2, 0.25) is 0 Å². The van der Waals surface area contributed by atoms with Crippen LogP contribution in [0.5, 0.6) is 0 Å². The molecule has 0 aromatic rings. The Morgan fingerprint density at radius 2 is 2.07 bits per heavy atom. The molecular weight excluding hydrogens is 184 g/mol. The summed E-state index contributed by atoms with van der Waals surface area (Å²) in [6.45, 7) is 4.91. The molecule has 88 valence electrons. The monoisotopic (exact) mass is 210 g/mol. The van der Waals surface area contributed by atoms with Crippen molar-refractivity contribution in [3.8, 4) is 0 Å². The van der Waals surface area contributed by atoms with E-state index < -0.39 is 0 Å². The number of hydrogen-bond donors (Lipinski definition) is 1. The van der Waals surface area contributed by atoms with E-state index in [0.29, 0.717) is 6.04 Å². The maximum Gasteiger partial charge on any atom is 0.0189 e. The van der Waals surface area contributed by atoms with Crippen LogP contribution in [0, 0.1) is 5.92 Å². The minimum atomic E-state index is 0.700. The van der Waals surface area contributed by atoms with E-state index in [0.717, 1.165) is 12.0 Å². The Balaban J connectivity index is 1.87. The van der Waals surface area contributed by atoms with Crippen LogP contribution in [-0.2, 0) is 0 Å². The highest BCUT2D eigenvalue weighted by Gasteiger charge is 2.35. The third kappa shape index (κ3) is 2.54. The summed E-state index contributed by atoms with van der Waals surface area (Å²) in [7, 11) is 2.10. The van der Waals surface area contributed by atoms with Crippen LogP contribution in [0.4, 0.5) is 0 Å². The molecule has 1 aliphatic heterocycles. The van der Waals surface area contributed by atoms with Gasteiger partial charge in [-0.3, -0.25) is 4.90 Å². The quantitative estimate of drug-likeness (QED) is 0.765. The molecule has 0 spiro atoms. The number of hydrogen-bond acceptors (Lipinski definition) is 2. The highest BCUT2D eigenvalue weighted by Crippen LogP contribution is 2.36. The SMILES string of the molecule is CCC(CN1CCC2CCCCC21)NC. The zero-order valence-corrected chi connectivity index (χ0v) is 10.3. The highest BCUT2D eigenvalue weighted by atomic mass is 15.2. The van der Waals surface area contributed by atoms with Crippen molar-refractivity contribution < 1.29 is 0 Å². The van der Waals surface area contributed by atoms with Gasteiger partial charge in [0.1, 0.15) is 0 Å².